The normalized spacial score (nSPS) is 20.2. The number of esters is 1. The fourth-order valence-electron chi connectivity index (χ4n) is 4.63. The van der Waals surface area contributed by atoms with Gasteiger partial charge in [-0.25, -0.2) is 8.42 Å². The molecule has 0 bridgehead atoms. The standard InChI is InChI=1S/C26H33BClNO6S/c1-24(2)12-13-29(21-11-9-8-10-18(21)24)36(31,32)22-16-19(20(28)14-17(22)15-23(30)33-7)27-34-25(3,4)26(5,6)35-27/h8-11,14,16H,12-13,15H2,1-7H3. The average molecular weight is 534 g/mol. The molecule has 0 N–H and O–H groups in total. The van der Waals surface area contributed by atoms with Crippen molar-refractivity contribution in [3.8, 4) is 0 Å². The van der Waals surface area contributed by atoms with Gasteiger partial charge in [-0.15, -0.1) is 0 Å². The maximum atomic E-state index is 14.2. The van der Waals surface area contributed by atoms with E-state index in [2.05, 4.69) is 13.8 Å². The third-order valence-electron chi connectivity index (χ3n) is 7.66. The Hall–Kier alpha value is -2.07. The second kappa shape index (κ2) is 9.05. The summed E-state index contributed by atoms with van der Waals surface area (Å²) in [5.41, 5.74) is 0.789. The van der Waals surface area contributed by atoms with Gasteiger partial charge in [0.2, 0.25) is 0 Å². The van der Waals surface area contributed by atoms with E-state index in [9.17, 15) is 13.2 Å². The maximum absolute atomic E-state index is 14.2. The number of halogens is 1. The first-order valence-electron chi connectivity index (χ1n) is 12.0. The fourth-order valence-corrected chi connectivity index (χ4v) is 6.64. The van der Waals surface area contributed by atoms with Crippen molar-refractivity contribution >= 4 is 45.9 Å². The molecule has 194 valence electrons. The van der Waals surface area contributed by atoms with Crippen molar-refractivity contribution in [2.75, 3.05) is 18.0 Å². The number of carbonyl (C=O) groups excluding carboxylic acids is 1. The van der Waals surface area contributed by atoms with Gasteiger partial charge in [-0.1, -0.05) is 43.6 Å². The molecule has 2 aromatic carbocycles. The van der Waals surface area contributed by atoms with Gasteiger partial charge in [-0.3, -0.25) is 9.10 Å². The molecule has 0 aromatic heterocycles. The summed E-state index contributed by atoms with van der Waals surface area (Å²) in [5.74, 6) is -0.564. The average Bonchev–Trinajstić information content (AvgIpc) is 3.00. The number of benzene rings is 2. The first-order valence-corrected chi connectivity index (χ1v) is 13.8. The number of fused-ring (bicyclic) bond motifs is 1. The number of carbonyl (C=O) groups is 1. The highest BCUT2D eigenvalue weighted by atomic mass is 35.5. The van der Waals surface area contributed by atoms with Crippen LogP contribution in [0.5, 0.6) is 0 Å². The van der Waals surface area contributed by atoms with Gasteiger partial charge in [0.05, 0.1) is 35.3 Å². The minimum atomic E-state index is -4.08. The summed E-state index contributed by atoms with van der Waals surface area (Å²) in [7, 11) is -3.68. The molecule has 2 aromatic rings. The van der Waals surface area contributed by atoms with Crippen LogP contribution < -0.4 is 9.77 Å². The Kier molecular flexibility index (Phi) is 6.78. The van der Waals surface area contributed by atoms with Crippen molar-refractivity contribution in [3.05, 3.63) is 52.5 Å². The van der Waals surface area contributed by atoms with E-state index in [0.29, 0.717) is 24.1 Å². The smallest absolute Gasteiger partial charge is 0.469 e. The summed E-state index contributed by atoms with van der Waals surface area (Å²) in [6.07, 6.45) is 0.405. The van der Waals surface area contributed by atoms with Gasteiger partial charge in [0.1, 0.15) is 0 Å². The van der Waals surface area contributed by atoms with E-state index in [-0.39, 0.29) is 27.3 Å². The summed E-state index contributed by atoms with van der Waals surface area (Å²) < 4.78 is 47.1. The zero-order valence-corrected chi connectivity index (χ0v) is 23.4. The topological polar surface area (TPSA) is 82.1 Å². The molecule has 36 heavy (non-hydrogen) atoms. The highest BCUT2D eigenvalue weighted by Gasteiger charge is 2.52. The van der Waals surface area contributed by atoms with Crippen molar-refractivity contribution in [2.45, 2.75) is 75.9 Å². The Morgan fingerprint density at radius 3 is 2.31 bits per heavy atom. The lowest BCUT2D eigenvalue weighted by molar-refractivity contribution is -0.139. The second-order valence-corrected chi connectivity index (χ2v) is 13.3. The molecule has 0 amide bonds. The second-order valence-electron chi connectivity index (χ2n) is 11.1. The van der Waals surface area contributed by atoms with Crippen LogP contribution in [0, 0.1) is 0 Å². The molecule has 2 heterocycles. The van der Waals surface area contributed by atoms with Gasteiger partial charge < -0.3 is 14.0 Å². The highest BCUT2D eigenvalue weighted by molar-refractivity contribution is 7.93. The molecule has 7 nitrogen and oxygen atoms in total. The van der Waals surface area contributed by atoms with Crippen LogP contribution in [0.4, 0.5) is 5.69 Å². The Morgan fingerprint density at radius 2 is 1.69 bits per heavy atom. The van der Waals surface area contributed by atoms with E-state index in [4.69, 9.17) is 25.6 Å². The lowest BCUT2D eigenvalue weighted by Gasteiger charge is -2.39. The molecule has 1 fully saturated rings. The third kappa shape index (κ3) is 4.55. The maximum Gasteiger partial charge on any atom is 0.496 e. The van der Waals surface area contributed by atoms with Gasteiger partial charge >= 0.3 is 13.1 Å². The SMILES string of the molecule is COC(=O)Cc1cc(Cl)c(B2OC(C)(C)C(C)(C)O2)cc1S(=O)(=O)N1CCC(C)(C)c2ccccc21. The number of hydrogen-bond donors (Lipinski definition) is 0. The minimum Gasteiger partial charge on any atom is -0.469 e. The number of hydrogen-bond acceptors (Lipinski definition) is 6. The monoisotopic (exact) mass is 533 g/mol. The summed E-state index contributed by atoms with van der Waals surface area (Å²) in [6, 6.07) is 10.5. The lowest BCUT2D eigenvalue weighted by atomic mass is 9.78. The highest BCUT2D eigenvalue weighted by Crippen LogP contribution is 2.42. The summed E-state index contributed by atoms with van der Waals surface area (Å²) in [6.45, 7) is 12.2. The molecule has 2 aliphatic rings. The van der Waals surface area contributed by atoms with Crippen LogP contribution in [-0.4, -0.2) is 46.4 Å². The molecule has 4 rings (SSSR count). The molecular weight excluding hydrogens is 501 g/mol. The van der Waals surface area contributed by atoms with Gasteiger partial charge in [-0.05, 0) is 68.9 Å². The van der Waals surface area contributed by atoms with Crippen molar-refractivity contribution < 1.29 is 27.3 Å². The van der Waals surface area contributed by atoms with Crippen LogP contribution in [-0.2, 0) is 40.7 Å². The number of nitrogens with zero attached hydrogens (tertiary/aromatic N) is 1. The van der Waals surface area contributed by atoms with E-state index >= 15 is 0 Å². The Bertz CT molecular complexity index is 1290. The number of anilines is 1. The Morgan fingerprint density at radius 1 is 1.08 bits per heavy atom. The first kappa shape index (κ1) is 27.0. The van der Waals surface area contributed by atoms with Crippen molar-refractivity contribution in [2.24, 2.45) is 0 Å². The number of methoxy groups -OCH3 is 1. The zero-order valence-electron chi connectivity index (χ0n) is 21.8. The molecule has 2 aliphatic heterocycles. The Balaban J connectivity index is 1.87. The number of ether oxygens (including phenoxy) is 1. The van der Waals surface area contributed by atoms with Crippen LogP contribution in [0.3, 0.4) is 0 Å². The minimum absolute atomic E-state index is 0.0171. The summed E-state index contributed by atoms with van der Waals surface area (Å²) >= 11 is 6.63. The molecule has 0 unspecified atom stereocenters. The number of para-hydroxylation sites is 1. The molecule has 0 saturated carbocycles. The molecule has 0 spiro atoms. The van der Waals surface area contributed by atoms with Gasteiger partial charge in [0.25, 0.3) is 10.0 Å². The lowest BCUT2D eigenvalue weighted by Crippen LogP contribution is -2.42. The van der Waals surface area contributed by atoms with Crippen LogP contribution >= 0.6 is 11.6 Å². The van der Waals surface area contributed by atoms with Gasteiger partial charge in [0, 0.05) is 17.0 Å². The van der Waals surface area contributed by atoms with E-state index in [0.717, 1.165) is 5.56 Å². The largest absolute Gasteiger partial charge is 0.496 e. The molecule has 10 heteroatoms. The van der Waals surface area contributed by atoms with E-state index < -0.39 is 34.3 Å². The third-order valence-corrected chi connectivity index (χ3v) is 9.88. The predicted octanol–water partition coefficient (Wildman–Crippen LogP) is 4.23. The van der Waals surface area contributed by atoms with Gasteiger partial charge in [-0.2, -0.15) is 0 Å². The number of rotatable bonds is 5. The van der Waals surface area contributed by atoms with Crippen molar-refractivity contribution in [3.63, 3.8) is 0 Å². The quantitative estimate of drug-likeness (QED) is 0.423. The van der Waals surface area contributed by atoms with Crippen LogP contribution in [0.15, 0.2) is 41.3 Å². The molecule has 0 aliphatic carbocycles. The van der Waals surface area contributed by atoms with E-state index in [1.807, 2.05) is 52.0 Å². The predicted molar refractivity (Wildman–Crippen MR) is 142 cm³/mol. The zero-order chi connectivity index (χ0) is 26.7. The number of sulfonamides is 1. The fraction of sp³-hybridized carbons (Fsp3) is 0.500. The Labute approximate surface area is 219 Å². The van der Waals surface area contributed by atoms with Gasteiger partial charge in [0.15, 0.2) is 0 Å². The van der Waals surface area contributed by atoms with Crippen LogP contribution in [0.1, 0.15) is 59.1 Å². The van der Waals surface area contributed by atoms with E-state index in [1.165, 1.54) is 23.5 Å². The summed E-state index contributed by atoms with van der Waals surface area (Å²) in [5, 5.41) is 0.256. The molecule has 0 radical (unpaired) electrons. The van der Waals surface area contributed by atoms with Crippen LogP contribution in [0.2, 0.25) is 5.02 Å². The van der Waals surface area contributed by atoms with Crippen molar-refractivity contribution in [1.29, 1.82) is 0 Å². The molecule has 0 atom stereocenters. The van der Waals surface area contributed by atoms with Crippen LogP contribution in [0.25, 0.3) is 0 Å². The molecular formula is C26H33BClNO6S. The molecule has 1 saturated heterocycles. The van der Waals surface area contributed by atoms with Crippen molar-refractivity contribution in [1.82, 2.24) is 0 Å². The first-order chi connectivity index (χ1) is 16.6. The van der Waals surface area contributed by atoms with E-state index in [1.54, 1.807) is 0 Å². The summed E-state index contributed by atoms with van der Waals surface area (Å²) in [4.78, 5) is 12.2.